The minimum Gasteiger partial charge on any atom is -0.433 e. The predicted molar refractivity (Wildman–Crippen MR) is 111 cm³/mol. The lowest BCUT2D eigenvalue weighted by atomic mass is 10.2. The molecule has 0 saturated carbocycles. The summed E-state index contributed by atoms with van der Waals surface area (Å²) in [5, 5.41) is 6.54. The fourth-order valence-electron chi connectivity index (χ4n) is 2.97. The highest BCUT2D eigenvalue weighted by atomic mass is 32.2. The first-order valence-corrected chi connectivity index (χ1v) is 10.7. The summed E-state index contributed by atoms with van der Waals surface area (Å²) in [6.07, 6.45) is 0.845. The number of benzene rings is 1. The number of alkyl halides is 2. The Balaban J connectivity index is 1.87. The van der Waals surface area contributed by atoms with Gasteiger partial charge in [0.25, 0.3) is 0 Å². The number of para-hydroxylation sites is 2. The molecule has 0 amide bonds. The van der Waals surface area contributed by atoms with Crippen molar-refractivity contribution < 1.29 is 17.7 Å². The number of ether oxygens (including phenoxy) is 1. The highest BCUT2D eigenvalue weighted by Gasteiger charge is 2.26. The fraction of sp³-hybridized carbons (Fsp3) is 0.632. The van der Waals surface area contributed by atoms with E-state index in [1.54, 1.807) is 25.2 Å². The Morgan fingerprint density at radius 2 is 2.11 bits per heavy atom. The summed E-state index contributed by atoms with van der Waals surface area (Å²) in [6, 6.07) is 6.95. The van der Waals surface area contributed by atoms with Crippen LogP contribution in [0.25, 0.3) is 0 Å². The number of rotatable bonds is 7. The minimum absolute atomic E-state index is 0.124. The third-order valence-corrected chi connectivity index (χ3v) is 6.38. The smallest absolute Gasteiger partial charge is 0.387 e. The molecule has 1 fully saturated rings. The molecule has 0 aliphatic carbocycles. The number of hydrogen-bond acceptors (Lipinski definition) is 4. The van der Waals surface area contributed by atoms with E-state index in [4.69, 9.17) is 0 Å². The summed E-state index contributed by atoms with van der Waals surface area (Å²) in [5.74, 6) is 1.37. The summed E-state index contributed by atoms with van der Waals surface area (Å²) in [4.78, 5) is 6.24. The van der Waals surface area contributed by atoms with Gasteiger partial charge in [-0.15, -0.1) is 0 Å². The number of guanidine groups is 1. The van der Waals surface area contributed by atoms with Crippen molar-refractivity contribution >= 4 is 22.4 Å². The fourth-order valence-corrected chi connectivity index (χ4v) is 3.87. The third kappa shape index (κ3) is 6.61. The van der Waals surface area contributed by atoms with Crippen LogP contribution in [-0.2, 0) is 10.8 Å². The molecule has 0 spiro atoms. The molecular formula is C19H30F2N4O2S. The molecule has 2 rings (SSSR count). The van der Waals surface area contributed by atoms with E-state index in [-0.39, 0.29) is 16.5 Å². The van der Waals surface area contributed by atoms with Gasteiger partial charge < -0.3 is 20.3 Å². The molecule has 1 saturated heterocycles. The maximum Gasteiger partial charge on any atom is 0.387 e. The second-order valence-corrected chi connectivity index (χ2v) is 9.91. The van der Waals surface area contributed by atoms with Crippen LogP contribution in [0, 0.1) is 0 Å². The molecule has 6 nitrogen and oxygen atoms in total. The van der Waals surface area contributed by atoms with E-state index in [1.807, 2.05) is 31.7 Å². The van der Waals surface area contributed by atoms with Crippen molar-refractivity contribution in [3.8, 4) is 5.75 Å². The van der Waals surface area contributed by atoms with E-state index in [0.29, 0.717) is 30.5 Å². The first-order valence-electron chi connectivity index (χ1n) is 9.35. The minimum atomic E-state index is -2.85. The van der Waals surface area contributed by atoms with Crippen LogP contribution >= 0.6 is 0 Å². The van der Waals surface area contributed by atoms with Gasteiger partial charge in [-0.3, -0.25) is 9.20 Å². The monoisotopic (exact) mass is 416 g/mol. The molecule has 0 radical (unpaired) electrons. The first kappa shape index (κ1) is 22.4. The molecule has 0 bridgehead atoms. The van der Waals surface area contributed by atoms with Gasteiger partial charge in [-0.25, -0.2) is 0 Å². The molecule has 1 aromatic carbocycles. The van der Waals surface area contributed by atoms with Gasteiger partial charge in [-0.1, -0.05) is 12.1 Å². The average molecular weight is 417 g/mol. The number of hydrogen-bond donors (Lipinski definition) is 2. The molecule has 1 aliphatic heterocycles. The number of nitrogens with zero attached hydrogens (tertiary/aromatic N) is 2. The summed E-state index contributed by atoms with van der Waals surface area (Å²) in [6.45, 7) is 4.96. The van der Waals surface area contributed by atoms with Gasteiger partial charge in [-0.05, 0) is 39.3 Å². The number of aliphatic imine (C=N–C) groups is 1. The Kier molecular flexibility index (Phi) is 8.03. The van der Waals surface area contributed by atoms with E-state index in [0.717, 1.165) is 13.0 Å². The van der Waals surface area contributed by atoms with Crippen molar-refractivity contribution in [2.24, 2.45) is 4.99 Å². The van der Waals surface area contributed by atoms with Gasteiger partial charge in [0.05, 0.1) is 5.69 Å². The van der Waals surface area contributed by atoms with E-state index in [1.165, 1.54) is 0 Å². The van der Waals surface area contributed by atoms with Gasteiger partial charge in [0, 0.05) is 54.0 Å². The Labute approximate surface area is 168 Å². The molecule has 0 aromatic heterocycles. The van der Waals surface area contributed by atoms with Crippen LogP contribution < -0.4 is 20.3 Å². The molecule has 2 unspecified atom stereocenters. The maximum absolute atomic E-state index is 12.6. The normalized spacial score (nSPS) is 19.0. The molecule has 1 aliphatic rings. The molecule has 2 N–H and O–H groups in total. The summed E-state index contributed by atoms with van der Waals surface area (Å²) >= 11 is 0. The lowest BCUT2D eigenvalue weighted by molar-refractivity contribution is -0.0495. The zero-order chi connectivity index (χ0) is 20.7. The third-order valence-electron chi connectivity index (χ3n) is 4.44. The number of halogens is 2. The highest BCUT2D eigenvalue weighted by molar-refractivity contribution is 7.86. The van der Waals surface area contributed by atoms with Crippen molar-refractivity contribution in [3.05, 3.63) is 24.3 Å². The second kappa shape index (κ2) is 10.0. The molecule has 1 aromatic rings. The maximum atomic E-state index is 12.6. The van der Waals surface area contributed by atoms with Crippen LogP contribution in [0.1, 0.15) is 27.2 Å². The van der Waals surface area contributed by atoms with Crippen molar-refractivity contribution in [2.45, 2.75) is 44.6 Å². The molecular weight excluding hydrogens is 386 g/mol. The molecule has 1 heterocycles. The van der Waals surface area contributed by atoms with E-state index < -0.39 is 17.4 Å². The number of anilines is 1. The molecule has 2 atom stereocenters. The zero-order valence-corrected chi connectivity index (χ0v) is 17.7. The van der Waals surface area contributed by atoms with Crippen molar-refractivity contribution in [3.63, 3.8) is 0 Å². The van der Waals surface area contributed by atoms with Gasteiger partial charge in [0.1, 0.15) is 5.75 Å². The predicted octanol–water partition coefficient (Wildman–Crippen LogP) is 2.58. The Morgan fingerprint density at radius 3 is 2.75 bits per heavy atom. The average Bonchev–Trinajstić information content (AvgIpc) is 3.08. The van der Waals surface area contributed by atoms with Crippen LogP contribution in [-0.4, -0.2) is 60.0 Å². The van der Waals surface area contributed by atoms with Gasteiger partial charge in [-0.2, -0.15) is 8.78 Å². The van der Waals surface area contributed by atoms with Gasteiger partial charge >= 0.3 is 6.61 Å². The summed E-state index contributed by atoms with van der Waals surface area (Å²) < 4.78 is 41.8. The first-order chi connectivity index (χ1) is 13.2. The van der Waals surface area contributed by atoms with E-state index >= 15 is 0 Å². The van der Waals surface area contributed by atoms with Crippen LogP contribution in [0.5, 0.6) is 5.75 Å². The van der Waals surface area contributed by atoms with Crippen molar-refractivity contribution in [1.82, 2.24) is 10.6 Å². The van der Waals surface area contributed by atoms with Crippen LogP contribution in [0.15, 0.2) is 29.3 Å². The SMILES string of the molecule is CN=C(NCCS(=O)C(C)(C)C)NC1CCN(c2ccccc2OC(F)F)C1. The highest BCUT2D eigenvalue weighted by Crippen LogP contribution is 2.31. The van der Waals surface area contributed by atoms with E-state index in [2.05, 4.69) is 20.4 Å². The quantitative estimate of drug-likeness (QED) is 0.528. The Morgan fingerprint density at radius 1 is 1.39 bits per heavy atom. The number of nitrogens with one attached hydrogen (secondary N) is 2. The van der Waals surface area contributed by atoms with Crippen molar-refractivity contribution in [2.75, 3.05) is 37.3 Å². The van der Waals surface area contributed by atoms with Gasteiger partial charge in [0.15, 0.2) is 5.96 Å². The Hall–Kier alpha value is -1.90. The topological polar surface area (TPSA) is 66.0 Å². The lowest BCUT2D eigenvalue weighted by Crippen LogP contribution is -2.46. The molecule has 158 valence electrons. The second-order valence-electron chi connectivity index (χ2n) is 7.58. The van der Waals surface area contributed by atoms with Crippen LogP contribution in [0.4, 0.5) is 14.5 Å². The van der Waals surface area contributed by atoms with Gasteiger partial charge in [0.2, 0.25) is 0 Å². The summed E-state index contributed by atoms with van der Waals surface area (Å²) in [7, 11) is 0.762. The lowest BCUT2D eigenvalue weighted by Gasteiger charge is -2.23. The van der Waals surface area contributed by atoms with Crippen LogP contribution in [0.2, 0.25) is 0 Å². The van der Waals surface area contributed by atoms with Crippen LogP contribution in [0.3, 0.4) is 0 Å². The summed E-state index contributed by atoms with van der Waals surface area (Å²) in [5.41, 5.74) is 0.663. The zero-order valence-electron chi connectivity index (χ0n) is 16.9. The molecule has 28 heavy (non-hydrogen) atoms. The molecule has 9 heteroatoms. The van der Waals surface area contributed by atoms with E-state index in [9.17, 15) is 13.0 Å². The standard InChI is InChI=1S/C19H30F2N4O2S/c1-19(2,3)28(26)12-10-23-18(22-4)24-14-9-11-25(13-14)15-7-5-6-8-16(15)27-17(20)21/h5-8,14,17H,9-13H2,1-4H3,(H2,22,23,24). The largest absolute Gasteiger partial charge is 0.433 e. The Bertz CT molecular complexity index is 695. The van der Waals surface area contributed by atoms with Crippen molar-refractivity contribution in [1.29, 1.82) is 0 Å².